The average molecular weight is 427 g/mol. The molecule has 1 heterocycles. The van der Waals surface area contributed by atoms with Crippen LogP contribution < -0.4 is 10.6 Å². The summed E-state index contributed by atoms with van der Waals surface area (Å²) in [6.45, 7) is 1.73. The Morgan fingerprint density at radius 1 is 1.10 bits per heavy atom. The molecular formula is C23H24ClFN4O. The molecule has 5 nitrogen and oxygen atoms in total. The van der Waals surface area contributed by atoms with Crippen molar-refractivity contribution in [1.29, 1.82) is 0 Å². The number of rotatable bonds is 8. The van der Waals surface area contributed by atoms with Gasteiger partial charge < -0.3 is 5.32 Å². The van der Waals surface area contributed by atoms with Gasteiger partial charge in [-0.2, -0.15) is 0 Å². The number of carbonyl (C=O) groups excluding carboxylic acids is 1. The molecule has 0 spiro atoms. The molecule has 0 unspecified atom stereocenters. The fourth-order valence-electron chi connectivity index (χ4n) is 3.31. The van der Waals surface area contributed by atoms with Crippen molar-refractivity contribution in [1.82, 2.24) is 20.6 Å². The lowest BCUT2D eigenvalue weighted by Gasteiger charge is -2.26. The Hall–Kier alpha value is -2.83. The summed E-state index contributed by atoms with van der Waals surface area (Å²) in [6.07, 6.45) is 4.41. The largest absolute Gasteiger partial charge is 0.358 e. The number of hydrogen-bond acceptors (Lipinski definition) is 4. The summed E-state index contributed by atoms with van der Waals surface area (Å²) >= 11 is 5.82. The van der Waals surface area contributed by atoms with Crippen molar-refractivity contribution < 1.29 is 9.18 Å². The van der Waals surface area contributed by atoms with Crippen molar-refractivity contribution in [2.24, 2.45) is 0 Å². The molecule has 2 N–H and O–H groups in total. The standard InChI is InChI=1S/C23H24ClFN4O/c1-15-12-17(8-10-19(15)25)20(11-9-18-13-28-21(24)14-27-18)29-22(23(30)26-2)16-6-4-3-5-7-16/h3-8,10,12-14,20,22,29H,9,11H2,1-2H3,(H,26,30)/t20-,22+/m0/s1. The van der Waals surface area contributed by atoms with Crippen LogP contribution in [0.4, 0.5) is 4.39 Å². The summed E-state index contributed by atoms with van der Waals surface area (Å²) in [5.74, 6) is -0.400. The van der Waals surface area contributed by atoms with Crippen molar-refractivity contribution in [2.45, 2.75) is 31.8 Å². The lowest BCUT2D eigenvalue weighted by atomic mass is 9.96. The van der Waals surface area contributed by atoms with Crippen LogP contribution in [0.1, 0.15) is 40.9 Å². The van der Waals surface area contributed by atoms with Gasteiger partial charge >= 0.3 is 0 Å². The van der Waals surface area contributed by atoms with Gasteiger partial charge in [-0.3, -0.25) is 15.1 Å². The minimum absolute atomic E-state index is 0.142. The van der Waals surface area contributed by atoms with Gasteiger partial charge in [0.05, 0.1) is 18.1 Å². The number of halogens is 2. The maximum atomic E-state index is 13.8. The fraction of sp³-hybridized carbons (Fsp3) is 0.261. The second kappa shape index (κ2) is 10.3. The highest BCUT2D eigenvalue weighted by Crippen LogP contribution is 2.26. The molecule has 0 aliphatic rings. The van der Waals surface area contributed by atoms with Crippen LogP contribution in [-0.2, 0) is 11.2 Å². The quantitative estimate of drug-likeness (QED) is 0.562. The number of aryl methyl sites for hydroxylation is 2. The van der Waals surface area contributed by atoms with Gasteiger partial charge in [-0.1, -0.05) is 54.1 Å². The Balaban J connectivity index is 1.89. The second-order valence-corrected chi connectivity index (χ2v) is 7.44. The first kappa shape index (κ1) is 21.9. The van der Waals surface area contributed by atoms with Gasteiger partial charge in [0.15, 0.2) is 0 Å². The van der Waals surface area contributed by atoms with Crippen molar-refractivity contribution in [3.8, 4) is 0 Å². The third-order valence-electron chi connectivity index (χ3n) is 4.96. The second-order valence-electron chi connectivity index (χ2n) is 7.05. The first-order chi connectivity index (χ1) is 14.5. The highest BCUT2D eigenvalue weighted by atomic mass is 35.5. The molecule has 3 rings (SSSR count). The molecule has 1 amide bonds. The highest BCUT2D eigenvalue weighted by Gasteiger charge is 2.24. The van der Waals surface area contributed by atoms with Crippen LogP contribution in [0, 0.1) is 12.7 Å². The Labute approximate surface area is 180 Å². The normalized spacial score (nSPS) is 12.9. The minimum atomic E-state index is -0.553. The molecule has 7 heteroatoms. The van der Waals surface area contributed by atoms with E-state index < -0.39 is 6.04 Å². The number of likely N-dealkylation sites (N-methyl/N-ethyl adjacent to an activating group) is 1. The molecule has 30 heavy (non-hydrogen) atoms. The number of nitrogens with one attached hydrogen (secondary N) is 2. The van der Waals surface area contributed by atoms with E-state index in [-0.39, 0.29) is 17.8 Å². The van der Waals surface area contributed by atoms with Crippen molar-refractivity contribution in [3.05, 3.63) is 94.3 Å². The van der Waals surface area contributed by atoms with Crippen LogP contribution in [0.25, 0.3) is 0 Å². The molecule has 2 atom stereocenters. The van der Waals surface area contributed by atoms with Crippen molar-refractivity contribution in [3.63, 3.8) is 0 Å². The molecule has 0 aliphatic heterocycles. The van der Waals surface area contributed by atoms with Gasteiger partial charge in [0, 0.05) is 13.1 Å². The van der Waals surface area contributed by atoms with Gasteiger partial charge in [-0.05, 0) is 42.5 Å². The van der Waals surface area contributed by atoms with E-state index in [1.807, 2.05) is 36.4 Å². The molecule has 1 aromatic heterocycles. The molecule has 0 fully saturated rings. The van der Waals surface area contributed by atoms with Gasteiger partial charge in [-0.15, -0.1) is 0 Å². The fourth-order valence-corrected chi connectivity index (χ4v) is 3.40. The van der Waals surface area contributed by atoms with Gasteiger partial charge in [0.2, 0.25) is 5.91 Å². The van der Waals surface area contributed by atoms with Gasteiger partial charge in [0.25, 0.3) is 0 Å². The lowest BCUT2D eigenvalue weighted by Crippen LogP contribution is -2.38. The van der Waals surface area contributed by atoms with Crippen LogP contribution in [0.15, 0.2) is 60.9 Å². The van der Waals surface area contributed by atoms with E-state index in [1.165, 1.54) is 12.3 Å². The Kier molecular flexibility index (Phi) is 7.49. The topological polar surface area (TPSA) is 66.9 Å². The summed E-state index contributed by atoms with van der Waals surface area (Å²) in [6, 6.07) is 13.8. The van der Waals surface area contributed by atoms with E-state index in [9.17, 15) is 9.18 Å². The first-order valence-electron chi connectivity index (χ1n) is 9.73. The van der Waals surface area contributed by atoms with Crippen LogP contribution in [0.5, 0.6) is 0 Å². The molecule has 3 aromatic rings. The molecule has 0 saturated heterocycles. The SMILES string of the molecule is CNC(=O)[C@H](N[C@@H](CCc1cnc(Cl)cn1)c1ccc(F)c(C)c1)c1ccccc1. The lowest BCUT2D eigenvalue weighted by molar-refractivity contribution is -0.123. The zero-order valence-electron chi connectivity index (χ0n) is 16.9. The summed E-state index contributed by atoms with van der Waals surface area (Å²) in [5, 5.41) is 6.52. The third-order valence-corrected chi connectivity index (χ3v) is 5.15. The van der Waals surface area contributed by atoms with Crippen LogP contribution in [0.2, 0.25) is 5.15 Å². The van der Waals surface area contributed by atoms with Gasteiger partial charge in [0.1, 0.15) is 17.0 Å². The number of nitrogens with zero attached hydrogens (tertiary/aromatic N) is 2. The van der Waals surface area contributed by atoms with E-state index >= 15 is 0 Å². The van der Waals surface area contributed by atoms with E-state index in [4.69, 9.17) is 11.6 Å². The molecular weight excluding hydrogens is 403 g/mol. The number of hydrogen-bond donors (Lipinski definition) is 2. The number of benzene rings is 2. The summed E-state index contributed by atoms with van der Waals surface area (Å²) in [4.78, 5) is 21.0. The van der Waals surface area contributed by atoms with Crippen molar-refractivity contribution >= 4 is 17.5 Å². The molecule has 156 valence electrons. The summed E-state index contributed by atoms with van der Waals surface area (Å²) in [7, 11) is 1.61. The molecule has 0 saturated carbocycles. The summed E-state index contributed by atoms with van der Waals surface area (Å²) < 4.78 is 13.8. The molecule has 0 radical (unpaired) electrons. The molecule has 2 aromatic carbocycles. The van der Waals surface area contributed by atoms with Crippen LogP contribution in [0.3, 0.4) is 0 Å². The molecule has 0 bridgehead atoms. The predicted molar refractivity (Wildman–Crippen MR) is 116 cm³/mol. The van der Waals surface area contributed by atoms with Crippen LogP contribution in [-0.4, -0.2) is 22.9 Å². The Morgan fingerprint density at radius 3 is 2.50 bits per heavy atom. The van der Waals surface area contributed by atoms with E-state index in [0.29, 0.717) is 23.6 Å². The van der Waals surface area contributed by atoms with E-state index in [1.54, 1.807) is 26.2 Å². The average Bonchev–Trinajstić information content (AvgIpc) is 2.77. The maximum absolute atomic E-state index is 13.8. The maximum Gasteiger partial charge on any atom is 0.241 e. The monoisotopic (exact) mass is 426 g/mol. The Morgan fingerprint density at radius 2 is 1.87 bits per heavy atom. The molecule has 0 aliphatic carbocycles. The zero-order valence-corrected chi connectivity index (χ0v) is 17.7. The number of amides is 1. The third kappa shape index (κ3) is 5.62. The van der Waals surface area contributed by atoms with Crippen LogP contribution >= 0.6 is 11.6 Å². The number of carbonyl (C=O) groups is 1. The van der Waals surface area contributed by atoms with Crippen molar-refractivity contribution in [2.75, 3.05) is 7.05 Å². The predicted octanol–water partition coefficient (Wildman–Crippen LogP) is 4.33. The van der Waals surface area contributed by atoms with E-state index in [2.05, 4.69) is 20.6 Å². The van der Waals surface area contributed by atoms with E-state index in [0.717, 1.165) is 16.8 Å². The number of aromatic nitrogens is 2. The first-order valence-corrected chi connectivity index (χ1v) is 10.1. The Bertz CT molecular complexity index is 982. The smallest absolute Gasteiger partial charge is 0.241 e. The highest BCUT2D eigenvalue weighted by molar-refractivity contribution is 6.29. The summed E-state index contributed by atoms with van der Waals surface area (Å²) in [5.41, 5.74) is 3.11. The minimum Gasteiger partial charge on any atom is -0.358 e. The van der Waals surface area contributed by atoms with Gasteiger partial charge in [-0.25, -0.2) is 9.37 Å². The zero-order chi connectivity index (χ0) is 21.5.